The van der Waals surface area contributed by atoms with E-state index in [4.69, 9.17) is 4.42 Å². The molecule has 1 saturated heterocycles. The first-order valence-electron chi connectivity index (χ1n) is 10.1. The van der Waals surface area contributed by atoms with Gasteiger partial charge in [-0.25, -0.2) is 0 Å². The standard InChI is InChI=1S/C25H22BrN3O2S/c1-3-14-29-24(30)23(15-18-6-4-17(2)5-7-18)32-25(29)28-27-16-21-12-13-22(31-21)19-8-10-20(26)11-9-19/h3-13,16,23H,1,14-15H2,2H3. The Hall–Kier alpha value is -2.90. The molecular weight excluding hydrogens is 486 g/mol. The fourth-order valence-electron chi connectivity index (χ4n) is 3.28. The minimum absolute atomic E-state index is 0.0277. The number of thioether (sulfide) groups is 1. The van der Waals surface area contributed by atoms with Crippen LogP contribution >= 0.6 is 27.7 Å². The molecule has 1 atom stereocenters. The smallest absolute Gasteiger partial charge is 0.242 e. The van der Waals surface area contributed by atoms with Gasteiger partial charge in [-0.05, 0) is 43.2 Å². The van der Waals surface area contributed by atoms with Gasteiger partial charge in [-0.15, -0.1) is 11.7 Å². The van der Waals surface area contributed by atoms with Gasteiger partial charge in [-0.1, -0.05) is 75.7 Å². The average Bonchev–Trinajstić information content (AvgIpc) is 3.37. The monoisotopic (exact) mass is 507 g/mol. The van der Waals surface area contributed by atoms with Crippen LogP contribution in [0.4, 0.5) is 0 Å². The summed E-state index contributed by atoms with van der Waals surface area (Å²) in [7, 11) is 0. The molecule has 162 valence electrons. The molecule has 0 radical (unpaired) electrons. The second-order valence-electron chi connectivity index (χ2n) is 7.37. The van der Waals surface area contributed by atoms with E-state index in [9.17, 15) is 4.79 Å². The molecule has 1 aliphatic heterocycles. The summed E-state index contributed by atoms with van der Waals surface area (Å²) >= 11 is 4.87. The van der Waals surface area contributed by atoms with Crippen molar-refractivity contribution in [3.05, 3.63) is 94.7 Å². The summed E-state index contributed by atoms with van der Waals surface area (Å²) in [4.78, 5) is 14.5. The molecule has 0 N–H and O–H groups in total. The average molecular weight is 508 g/mol. The van der Waals surface area contributed by atoms with E-state index in [2.05, 4.69) is 63.9 Å². The summed E-state index contributed by atoms with van der Waals surface area (Å²) in [5.41, 5.74) is 3.30. The predicted molar refractivity (Wildman–Crippen MR) is 135 cm³/mol. The van der Waals surface area contributed by atoms with E-state index in [1.54, 1.807) is 17.2 Å². The van der Waals surface area contributed by atoms with Crippen molar-refractivity contribution >= 4 is 45.0 Å². The zero-order valence-corrected chi connectivity index (χ0v) is 20.0. The summed E-state index contributed by atoms with van der Waals surface area (Å²) in [6.07, 6.45) is 3.90. The maximum absolute atomic E-state index is 12.9. The van der Waals surface area contributed by atoms with Crippen LogP contribution in [0, 0.1) is 6.92 Å². The molecule has 1 amide bonds. The van der Waals surface area contributed by atoms with E-state index in [1.165, 1.54) is 17.3 Å². The van der Waals surface area contributed by atoms with Crippen molar-refractivity contribution in [1.29, 1.82) is 0 Å². The van der Waals surface area contributed by atoms with E-state index in [0.717, 1.165) is 21.4 Å². The number of amidine groups is 1. The van der Waals surface area contributed by atoms with Gasteiger partial charge in [-0.2, -0.15) is 5.10 Å². The fraction of sp³-hybridized carbons (Fsp3) is 0.160. The van der Waals surface area contributed by atoms with Gasteiger partial charge in [0.2, 0.25) is 5.91 Å². The van der Waals surface area contributed by atoms with Crippen LogP contribution in [0.2, 0.25) is 0 Å². The number of carbonyl (C=O) groups is 1. The van der Waals surface area contributed by atoms with Crippen molar-refractivity contribution in [3.8, 4) is 11.3 Å². The molecule has 1 aliphatic rings. The molecule has 0 spiro atoms. The molecule has 0 aliphatic carbocycles. The highest BCUT2D eigenvalue weighted by Crippen LogP contribution is 2.30. The Morgan fingerprint density at radius 2 is 1.88 bits per heavy atom. The molecule has 3 aromatic rings. The lowest BCUT2D eigenvalue weighted by Crippen LogP contribution is -2.32. The highest BCUT2D eigenvalue weighted by atomic mass is 79.9. The number of carbonyl (C=O) groups excluding carboxylic acids is 1. The number of rotatable bonds is 7. The summed E-state index contributed by atoms with van der Waals surface area (Å²) in [6.45, 7) is 6.21. The summed E-state index contributed by atoms with van der Waals surface area (Å²) in [6, 6.07) is 19.9. The first-order valence-corrected chi connectivity index (χ1v) is 11.8. The largest absolute Gasteiger partial charge is 0.455 e. The van der Waals surface area contributed by atoms with Crippen molar-refractivity contribution < 1.29 is 9.21 Å². The van der Waals surface area contributed by atoms with Crippen LogP contribution in [0.25, 0.3) is 11.3 Å². The van der Waals surface area contributed by atoms with Crippen LogP contribution in [0.3, 0.4) is 0 Å². The number of hydrogen-bond donors (Lipinski definition) is 0. The van der Waals surface area contributed by atoms with Gasteiger partial charge in [0.25, 0.3) is 0 Å². The van der Waals surface area contributed by atoms with Gasteiger partial charge in [0, 0.05) is 16.6 Å². The lowest BCUT2D eigenvalue weighted by Gasteiger charge is -2.12. The Bertz CT molecular complexity index is 1170. The zero-order chi connectivity index (χ0) is 22.5. The van der Waals surface area contributed by atoms with Gasteiger partial charge >= 0.3 is 0 Å². The van der Waals surface area contributed by atoms with Crippen LogP contribution < -0.4 is 0 Å². The van der Waals surface area contributed by atoms with E-state index in [1.807, 2.05) is 36.4 Å². The highest BCUT2D eigenvalue weighted by Gasteiger charge is 2.37. The number of aryl methyl sites for hydroxylation is 1. The zero-order valence-electron chi connectivity index (χ0n) is 17.6. The lowest BCUT2D eigenvalue weighted by molar-refractivity contribution is -0.125. The second-order valence-corrected chi connectivity index (χ2v) is 9.46. The summed E-state index contributed by atoms with van der Waals surface area (Å²) in [5.74, 6) is 1.37. The van der Waals surface area contributed by atoms with Crippen molar-refractivity contribution in [2.24, 2.45) is 10.2 Å². The maximum atomic E-state index is 12.9. The van der Waals surface area contributed by atoms with Crippen LogP contribution in [-0.2, 0) is 11.2 Å². The highest BCUT2D eigenvalue weighted by molar-refractivity contribution is 9.10. The Morgan fingerprint density at radius 1 is 1.12 bits per heavy atom. The Kier molecular flexibility index (Phi) is 7.07. The Balaban J connectivity index is 1.47. The van der Waals surface area contributed by atoms with Crippen molar-refractivity contribution in [3.63, 3.8) is 0 Å². The van der Waals surface area contributed by atoms with Crippen molar-refractivity contribution in [2.75, 3.05) is 6.54 Å². The third-order valence-electron chi connectivity index (χ3n) is 4.96. The van der Waals surface area contributed by atoms with Gasteiger partial charge in [0.1, 0.15) is 11.5 Å². The normalized spacial score (nSPS) is 17.6. The Morgan fingerprint density at radius 3 is 2.59 bits per heavy atom. The molecule has 32 heavy (non-hydrogen) atoms. The third kappa shape index (κ3) is 5.29. The fourth-order valence-corrected chi connectivity index (χ4v) is 4.69. The summed E-state index contributed by atoms with van der Waals surface area (Å²) < 4.78 is 6.85. The van der Waals surface area contributed by atoms with Crippen LogP contribution in [0.15, 0.2) is 92.4 Å². The SMILES string of the molecule is C=CCN1C(=O)C(Cc2ccc(C)cc2)SC1=NN=Cc1ccc(-c2ccc(Br)cc2)o1. The van der Waals surface area contributed by atoms with E-state index in [-0.39, 0.29) is 11.2 Å². The minimum Gasteiger partial charge on any atom is -0.455 e. The predicted octanol–water partition coefficient (Wildman–Crippen LogP) is 6.08. The van der Waals surface area contributed by atoms with E-state index >= 15 is 0 Å². The van der Waals surface area contributed by atoms with Gasteiger partial charge in [-0.3, -0.25) is 9.69 Å². The van der Waals surface area contributed by atoms with Crippen LogP contribution in [-0.4, -0.2) is 34.0 Å². The second kappa shape index (κ2) is 10.1. The van der Waals surface area contributed by atoms with Crippen molar-refractivity contribution in [2.45, 2.75) is 18.6 Å². The number of furan rings is 1. The van der Waals surface area contributed by atoms with Crippen LogP contribution in [0.5, 0.6) is 0 Å². The molecule has 1 fully saturated rings. The maximum Gasteiger partial charge on any atom is 0.242 e. The van der Waals surface area contributed by atoms with E-state index in [0.29, 0.717) is 23.9 Å². The van der Waals surface area contributed by atoms with Crippen molar-refractivity contribution in [1.82, 2.24) is 4.90 Å². The molecule has 4 rings (SSSR count). The third-order valence-corrected chi connectivity index (χ3v) is 6.65. The molecule has 7 heteroatoms. The number of amides is 1. The van der Waals surface area contributed by atoms with Crippen LogP contribution in [0.1, 0.15) is 16.9 Å². The molecule has 0 saturated carbocycles. The first-order chi connectivity index (χ1) is 15.5. The minimum atomic E-state index is -0.223. The molecule has 1 aromatic heterocycles. The molecule has 2 aromatic carbocycles. The van der Waals surface area contributed by atoms with Gasteiger partial charge in [0.05, 0.1) is 11.5 Å². The van der Waals surface area contributed by atoms with Gasteiger partial charge in [0.15, 0.2) is 5.17 Å². The van der Waals surface area contributed by atoms with Gasteiger partial charge < -0.3 is 4.42 Å². The number of nitrogens with zero attached hydrogens (tertiary/aromatic N) is 3. The Labute approximate surface area is 200 Å². The molecule has 2 heterocycles. The topological polar surface area (TPSA) is 58.2 Å². The number of benzene rings is 2. The quantitative estimate of drug-likeness (QED) is 0.221. The molecule has 5 nitrogen and oxygen atoms in total. The summed E-state index contributed by atoms with van der Waals surface area (Å²) in [5, 5.41) is 8.84. The molecule has 0 bridgehead atoms. The number of hydrogen-bond acceptors (Lipinski definition) is 5. The number of halogens is 1. The van der Waals surface area contributed by atoms with E-state index < -0.39 is 0 Å². The first kappa shape index (κ1) is 22.3. The molecule has 1 unspecified atom stereocenters. The lowest BCUT2D eigenvalue weighted by atomic mass is 10.1. The molecular formula is C25H22BrN3O2S.